The van der Waals surface area contributed by atoms with Crippen LogP contribution in [0.5, 0.6) is 5.75 Å². The zero-order valence-electron chi connectivity index (χ0n) is 15.1. The van der Waals surface area contributed by atoms with Crippen LogP contribution in [0.3, 0.4) is 0 Å². The van der Waals surface area contributed by atoms with Gasteiger partial charge in [0.15, 0.2) is 11.5 Å². The van der Waals surface area contributed by atoms with E-state index in [2.05, 4.69) is 15.3 Å². The topological polar surface area (TPSA) is 102 Å². The summed E-state index contributed by atoms with van der Waals surface area (Å²) >= 11 is 0. The second kappa shape index (κ2) is 7.22. The molecular weight excluding hydrogens is 346 g/mol. The van der Waals surface area contributed by atoms with Crippen LogP contribution in [0.15, 0.2) is 29.1 Å². The van der Waals surface area contributed by atoms with Crippen LogP contribution in [-0.4, -0.2) is 33.0 Å². The molecule has 2 N–H and O–H groups in total. The van der Waals surface area contributed by atoms with E-state index < -0.39 is 0 Å². The van der Waals surface area contributed by atoms with E-state index in [4.69, 9.17) is 9.72 Å². The van der Waals surface area contributed by atoms with Crippen molar-refractivity contribution >= 4 is 23.4 Å². The minimum absolute atomic E-state index is 0.256. The Kier molecular flexibility index (Phi) is 4.62. The van der Waals surface area contributed by atoms with Crippen LogP contribution >= 0.6 is 0 Å². The van der Waals surface area contributed by atoms with Gasteiger partial charge in [0.1, 0.15) is 17.1 Å². The quantitative estimate of drug-likeness (QED) is 0.652. The van der Waals surface area contributed by atoms with E-state index in [-0.39, 0.29) is 11.6 Å². The molecule has 8 heteroatoms. The summed E-state index contributed by atoms with van der Waals surface area (Å²) in [5, 5.41) is 2.60. The number of aromatic amines is 1. The Morgan fingerprint density at radius 1 is 1.30 bits per heavy atom. The summed E-state index contributed by atoms with van der Waals surface area (Å²) in [6, 6.07) is 7.55. The van der Waals surface area contributed by atoms with Crippen LogP contribution in [0, 0.1) is 0 Å². The first-order valence-electron chi connectivity index (χ1n) is 9.03. The number of nitrogens with one attached hydrogen (secondary N) is 2. The number of benzene rings is 1. The Morgan fingerprint density at radius 3 is 2.81 bits per heavy atom. The average Bonchev–Trinajstić information content (AvgIpc) is 3.32. The van der Waals surface area contributed by atoms with E-state index in [9.17, 15) is 9.59 Å². The lowest BCUT2D eigenvalue weighted by molar-refractivity contribution is -0.105. The van der Waals surface area contributed by atoms with Gasteiger partial charge in [-0.1, -0.05) is 31.0 Å². The molecule has 1 aliphatic carbocycles. The van der Waals surface area contributed by atoms with Gasteiger partial charge < -0.3 is 15.0 Å². The highest BCUT2D eigenvalue weighted by Crippen LogP contribution is 2.33. The van der Waals surface area contributed by atoms with Gasteiger partial charge >= 0.3 is 5.69 Å². The zero-order valence-corrected chi connectivity index (χ0v) is 15.1. The predicted octanol–water partition coefficient (Wildman–Crippen LogP) is 2.40. The molecule has 0 spiro atoms. The van der Waals surface area contributed by atoms with Crippen LogP contribution < -0.4 is 15.7 Å². The molecule has 3 aromatic rings. The number of amides is 1. The summed E-state index contributed by atoms with van der Waals surface area (Å²) in [4.78, 5) is 35.6. The smallest absolute Gasteiger partial charge is 0.328 e. The number of carbonyl (C=O) groups is 1. The van der Waals surface area contributed by atoms with Crippen LogP contribution in [0.2, 0.25) is 0 Å². The van der Waals surface area contributed by atoms with Crippen molar-refractivity contribution in [2.24, 2.45) is 0 Å². The van der Waals surface area contributed by atoms with E-state index in [1.807, 2.05) is 24.3 Å². The number of ether oxygens (including phenoxy) is 1. The summed E-state index contributed by atoms with van der Waals surface area (Å²) in [6.45, 7) is 0.310. The molecule has 1 fully saturated rings. The van der Waals surface area contributed by atoms with Crippen LogP contribution in [0.1, 0.15) is 43.0 Å². The molecule has 27 heavy (non-hydrogen) atoms. The first-order valence-corrected chi connectivity index (χ1v) is 9.03. The number of aromatic nitrogens is 4. The monoisotopic (exact) mass is 367 g/mol. The van der Waals surface area contributed by atoms with Crippen LogP contribution in [0.25, 0.3) is 11.2 Å². The summed E-state index contributed by atoms with van der Waals surface area (Å²) < 4.78 is 6.96. The Bertz CT molecular complexity index is 1030. The minimum atomic E-state index is -0.303. The fraction of sp³-hybridized carbons (Fsp3) is 0.368. The molecule has 1 amide bonds. The van der Waals surface area contributed by atoms with Crippen molar-refractivity contribution in [3.63, 3.8) is 0 Å². The maximum absolute atomic E-state index is 12.6. The van der Waals surface area contributed by atoms with Gasteiger partial charge in [-0.05, 0) is 18.9 Å². The van der Waals surface area contributed by atoms with Gasteiger partial charge in [-0.2, -0.15) is 0 Å². The maximum atomic E-state index is 12.6. The number of hydrogen-bond acceptors (Lipinski definition) is 5. The molecule has 0 atom stereocenters. The van der Waals surface area contributed by atoms with Gasteiger partial charge in [-0.3, -0.25) is 9.36 Å². The van der Waals surface area contributed by atoms with Crippen molar-refractivity contribution < 1.29 is 9.53 Å². The van der Waals surface area contributed by atoms with Gasteiger partial charge in [0.2, 0.25) is 6.41 Å². The first-order chi connectivity index (χ1) is 13.2. The Balaban J connectivity index is 1.85. The fourth-order valence-corrected chi connectivity index (χ4v) is 3.72. The highest BCUT2D eigenvalue weighted by molar-refractivity contribution is 5.88. The van der Waals surface area contributed by atoms with E-state index in [0.29, 0.717) is 41.5 Å². The van der Waals surface area contributed by atoms with Gasteiger partial charge in [0.25, 0.3) is 0 Å². The third-order valence-electron chi connectivity index (χ3n) is 5.08. The Labute approximate surface area is 155 Å². The number of carbonyl (C=O) groups excluding carboxylic acids is 1. The van der Waals surface area contributed by atoms with Gasteiger partial charge in [-0.15, -0.1) is 0 Å². The number of rotatable bonds is 6. The number of para-hydroxylation sites is 1. The molecule has 1 saturated carbocycles. The van der Waals surface area contributed by atoms with Crippen LogP contribution in [0.4, 0.5) is 5.82 Å². The first kappa shape index (κ1) is 17.3. The number of fused-ring (bicyclic) bond motifs is 1. The molecule has 0 bridgehead atoms. The molecule has 2 aromatic heterocycles. The molecule has 8 nitrogen and oxygen atoms in total. The average molecular weight is 367 g/mol. The third kappa shape index (κ3) is 3.18. The predicted molar refractivity (Wildman–Crippen MR) is 101 cm³/mol. The number of nitrogens with zero attached hydrogens (tertiary/aromatic N) is 3. The van der Waals surface area contributed by atoms with Crippen molar-refractivity contribution in [3.05, 3.63) is 46.1 Å². The second-order valence-electron chi connectivity index (χ2n) is 6.70. The highest BCUT2D eigenvalue weighted by atomic mass is 16.5. The molecule has 0 unspecified atom stereocenters. The van der Waals surface area contributed by atoms with Crippen molar-refractivity contribution in [1.29, 1.82) is 0 Å². The van der Waals surface area contributed by atoms with Crippen molar-refractivity contribution in [2.45, 2.75) is 38.1 Å². The lowest BCUT2D eigenvalue weighted by atomic mass is 10.1. The molecule has 0 radical (unpaired) electrons. The molecule has 1 aromatic carbocycles. The maximum Gasteiger partial charge on any atom is 0.328 e. The summed E-state index contributed by atoms with van der Waals surface area (Å²) in [5.74, 6) is 1.98. The highest BCUT2D eigenvalue weighted by Gasteiger charge is 2.23. The molecule has 2 heterocycles. The van der Waals surface area contributed by atoms with Crippen LogP contribution in [-0.2, 0) is 11.3 Å². The van der Waals surface area contributed by atoms with Gasteiger partial charge in [0, 0.05) is 11.5 Å². The normalized spacial score (nSPS) is 14.6. The van der Waals surface area contributed by atoms with E-state index in [1.54, 1.807) is 11.7 Å². The second-order valence-corrected chi connectivity index (χ2v) is 6.70. The molecule has 4 rings (SSSR count). The fourth-order valence-electron chi connectivity index (χ4n) is 3.72. The minimum Gasteiger partial charge on any atom is -0.496 e. The van der Waals surface area contributed by atoms with Gasteiger partial charge in [-0.25, -0.2) is 14.8 Å². The van der Waals surface area contributed by atoms with Crippen molar-refractivity contribution in [1.82, 2.24) is 19.5 Å². The zero-order chi connectivity index (χ0) is 18.8. The van der Waals surface area contributed by atoms with Gasteiger partial charge in [0.05, 0.1) is 13.7 Å². The standard InChI is InChI=1S/C19H21N5O3/c1-27-14-9-5-4-8-13(14)10-24-18-15(21-19(24)26)17(20-11-25)22-16(23-18)12-6-2-3-7-12/h4-5,8-9,11-12H,2-3,6-7,10H2,1H3,(H,21,26)(H,20,22,23,25). The van der Waals surface area contributed by atoms with E-state index in [0.717, 1.165) is 31.2 Å². The van der Waals surface area contributed by atoms with E-state index >= 15 is 0 Å². The molecule has 0 saturated heterocycles. The summed E-state index contributed by atoms with van der Waals surface area (Å²) in [6.07, 6.45) is 4.89. The summed E-state index contributed by atoms with van der Waals surface area (Å²) in [5.41, 5.74) is 1.49. The third-order valence-corrected chi connectivity index (χ3v) is 5.08. The molecule has 1 aliphatic rings. The molecular formula is C19H21N5O3. The lowest BCUT2D eigenvalue weighted by Crippen LogP contribution is -2.18. The Morgan fingerprint density at radius 2 is 2.07 bits per heavy atom. The number of imidazole rings is 1. The Hall–Kier alpha value is -3.16. The number of methoxy groups -OCH3 is 1. The van der Waals surface area contributed by atoms with Crippen molar-refractivity contribution in [2.75, 3.05) is 12.4 Å². The number of anilines is 1. The number of hydrogen-bond donors (Lipinski definition) is 2. The molecule has 0 aliphatic heterocycles. The van der Waals surface area contributed by atoms with Crippen molar-refractivity contribution in [3.8, 4) is 5.75 Å². The largest absolute Gasteiger partial charge is 0.496 e. The SMILES string of the molecule is COc1ccccc1Cn1c(=O)[nH]c2c(NC=O)nc(C3CCCC3)nc21. The number of H-pyrrole nitrogens is 1. The lowest BCUT2D eigenvalue weighted by Gasteiger charge is -2.12. The molecule has 140 valence electrons. The summed E-state index contributed by atoms with van der Waals surface area (Å²) in [7, 11) is 1.60. The van der Waals surface area contributed by atoms with E-state index in [1.165, 1.54) is 0 Å².